The van der Waals surface area contributed by atoms with Crippen LogP contribution in [0.3, 0.4) is 0 Å². The van der Waals surface area contributed by atoms with E-state index < -0.39 is 97.5 Å². The van der Waals surface area contributed by atoms with Crippen LogP contribution in [0.25, 0.3) is 0 Å². The summed E-state index contributed by atoms with van der Waals surface area (Å²) in [6.07, 6.45) is 78.2. The van der Waals surface area contributed by atoms with E-state index in [2.05, 4.69) is 113 Å². The fourth-order valence-corrected chi connectivity index (χ4v) is 12.0. The predicted octanol–water partition coefficient (Wildman–Crippen LogP) is 22.6. The molecule has 19 heteroatoms. The zero-order valence-electron chi connectivity index (χ0n) is 62.8. The van der Waals surface area contributed by atoms with Crippen LogP contribution in [-0.4, -0.2) is 96.7 Å². The molecule has 100 heavy (non-hydrogen) atoms. The van der Waals surface area contributed by atoms with E-state index in [4.69, 9.17) is 37.0 Å². The summed E-state index contributed by atoms with van der Waals surface area (Å²) in [7, 11) is -9.98. The molecular weight excluding hydrogens is 1310 g/mol. The van der Waals surface area contributed by atoms with E-state index in [9.17, 15) is 43.2 Å². The van der Waals surface area contributed by atoms with E-state index in [1.165, 1.54) is 109 Å². The van der Waals surface area contributed by atoms with E-state index in [0.717, 1.165) is 135 Å². The molecule has 0 aliphatic carbocycles. The van der Waals surface area contributed by atoms with Crippen LogP contribution in [0.1, 0.15) is 323 Å². The number of carbonyl (C=O) groups excluding carboxylic acids is 4. The molecule has 0 amide bonds. The van der Waals surface area contributed by atoms with Crippen molar-refractivity contribution in [2.24, 2.45) is 0 Å². The predicted molar refractivity (Wildman–Crippen MR) is 408 cm³/mol. The molecule has 0 aliphatic heterocycles. The Balaban J connectivity index is 5.38. The van der Waals surface area contributed by atoms with Gasteiger partial charge < -0.3 is 33.8 Å². The van der Waals surface area contributed by atoms with Gasteiger partial charge in [-0.15, -0.1) is 0 Å². The van der Waals surface area contributed by atoms with Crippen LogP contribution in [0.2, 0.25) is 0 Å². The molecule has 0 aromatic carbocycles. The van der Waals surface area contributed by atoms with Crippen molar-refractivity contribution in [3.8, 4) is 0 Å². The van der Waals surface area contributed by atoms with Crippen LogP contribution in [0.4, 0.5) is 0 Å². The van der Waals surface area contributed by atoms with Gasteiger partial charge in [0.1, 0.15) is 19.3 Å². The molecule has 0 aromatic rings. The number of hydrogen-bond donors (Lipinski definition) is 3. The first kappa shape index (κ1) is 95.7. The Kier molecular flexibility index (Phi) is 69.9. The molecule has 0 saturated carbocycles. The summed E-state index contributed by atoms with van der Waals surface area (Å²) in [5.41, 5.74) is 0. The zero-order valence-corrected chi connectivity index (χ0v) is 64.6. The fourth-order valence-electron chi connectivity index (χ4n) is 10.4. The minimum Gasteiger partial charge on any atom is -0.462 e. The van der Waals surface area contributed by atoms with Crippen LogP contribution in [0.5, 0.6) is 0 Å². The lowest BCUT2D eigenvalue weighted by Crippen LogP contribution is -2.30. The summed E-state index contributed by atoms with van der Waals surface area (Å²) in [5.74, 6) is -2.32. The maximum Gasteiger partial charge on any atom is 0.472 e. The molecule has 0 aromatic heterocycles. The number of hydrogen-bond acceptors (Lipinski definition) is 15. The average molecular weight is 1450 g/mol. The second kappa shape index (κ2) is 73.0. The topological polar surface area (TPSA) is 237 Å². The first-order chi connectivity index (χ1) is 48.7. The molecule has 576 valence electrons. The molecule has 0 rings (SSSR count). The highest BCUT2D eigenvalue weighted by molar-refractivity contribution is 7.47. The molecular formula is C81H140O17P2. The Morgan fingerprint density at radius 3 is 0.890 bits per heavy atom. The van der Waals surface area contributed by atoms with Crippen molar-refractivity contribution in [1.82, 2.24) is 0 Å². The number of aliphatic hydroxyl groups excluding tert-OH is 1. The van der Waals surface area contributed by atoms with Crippen LogP contribution in [-0.2, 0) is 65.4 Å². The van der Waals surface area contributed by atoms with Gasteiger partial charge in [-0.3, -0.25) is 37.3 Å². The van der Waals surface area contributed by atoms with Gasteiger partial charge in [-0.1, -0.05) is 317 Å². The number of unbranched alkanes of at least 4 members (excludes halogenated alkanes) is 30. The number of esters is 4. The molecule has 0 saturated heterocycles. The quantitative estimate of drug-likeness (QED) is 0.0169. The average Bonchev–Trinajstić information content (AvgIpc) is 0.926. The molecule has 0 fully saturated rings. The molecule has 5 unspecified atom stereocenters. The van der Waals surface area contributed by atoms with Gasteiger partial charge >= 0.3 is 39.5 Å². The van der Waals surface area contributed by atoms with E-state index in [0.29, 0.717) is 25.7 Å². The second-order valence-electron chi connectivity index (χ2n) is 25.9. The van der Waals surface area contributed by atoms with E-state index in [-0.39, 0.29) is 25.7 Å². The van der Waals surface area contributed by atoms with Gasteiger partial charge in [0.2, 0.25) is 0 Å². The normalized spacial score (nSPS) is 14.5. The lowest BCUT2D eigenvalue weighted by atomic mass is 10.0. The molecule has 0 heterocycles. The van der Waals surface area contributed by atoms with Crippen molar-refractivity contribution in [2.45, 2.75) is 341 Å². The molecule has 0 radical (unpaired) electrons. The summed E-state index contributed by atoms with van der Waals surface area (Å²) in [6, 6.07) is 0. The highest BCUT2D eigenvalue weighted by Gasteiger charge is 2.30. The first-order valence-electron chi connectivity index (χ1n) is 39.1. The molecule has 5 atom stereocenters. The van der Waals surface area contributed by atoms with Crippen molar-refractivity contribution in [1.29, 1.82) is 0 Å². The summed E-state index contributed by atoms with van der Waals surface area (Å²) < 4.78 is 68.4. The van der Waals surface area contributed by atoms with Crippen LogP contribution >= 0.6 is 15.6 Å². The van der Waals surface area contributed by atoms with Gasteiger partial charge in [-0.25, -0.2) is 9.13 Å². The Hall–Kier alpha value is -4.28. The highest BCUT2D eigenvalue weighted by Crippen LogP contribution is 2.45. The first-order valence-corrected chi connectivity index (χ1v) is 42.1. The Bertz CT molecular complexity index is 2320. The summed E-state index contributed by atoms with van der Waals surface area (Å²) in [6.45, 7) is 4.54. The van der Waals surface area contributed by atoms with Crippen molar-refractivity contribution in [2.75, 3.05) is 39.6 Å². The minimum absolute atomic E-state index is 0.0966. The molecule has 0 aliphatic rings. The smallest absolute Gasteiger partial charge is 0.462 e. The van der Waals surface area contributed by atoms with E-state index in [1.54, 1.807) is 12.2 Å². The third-order valence-corrected chi connectivity index (χ3v) is 18.2. The van der Waals surface area contributed by atoms with Gasteiger partial charge in [0.05, 0.1) is 32.8 Å². The van der Waals surface area contributed by atoms with Crippen molar-refractivity contribution in [3.05, 3.63) is 109 Å². The second-order valence-corrected chi connectivity index (χ2v) is 28.8. The van der Waals surface area contributed by atoms with E-state index in [1.807, 2.05) is 12.2 Å². The molecule has 17 nitrogen and oxygen atoms in total. The Morgan fingerprint density at radius 1 is 0.300 bits per heavy atom. The lowest BCUT2D eigenvalue weighted by Gasteiger charge is -2.21. The number of ether oxygens (including phenoxy) is 4. The number of carbonyl (C=O) groups is 4. The Labute approximate surface area is 607 Å². The summed E-state index contributed by atoms with van der Waals surface area (Å²) in [4.78, 5) is 72.8. The third kappa shape index (κ3) is 72.1. The minimum atomic E-state index is -5.00. The largest absolute Gasteiger partial charge is 0.472 e. The zero-order chi connectivity index (χ0) is 73.2. The number of phosphoric acid groups is 2. The van der Waals surface area contributed by atoms with Crippen LogP contribution in [0, 0.1) is 0 Å². The van der Waals surface area contributed by atoms with Gasteiger partial charge in [0, 0.05) is 19.3 Å². The van der Waals surface area contributed by atoms with Crippen LogP contribution in [0.15, 0.2) is 109 Å². The van der Waals surface area contributed by atoms with Gasteiger partial charge in [0.15, 0.2) is 12.2 Å². The maximum atomic E-state index is 13.1. The number of phosphoric ester groups is 2. The third-order valence-electron chi connectivity index (χ3n) is 16.3. The highest BCUT2D eigenvalue weighted by atomic mass is 31.2. The fraction of sp³-hybridized carbons (Fsp3) is 0.728. The van der Waals surface area contributed by atoms with Gasteiger partial charge in [-0.05, 0) is 89.9 Å². The number of allylic oxidation sites excluding steroid dienone is 17. The summed E-state index contributed by atoms with van der Waals surface area (Å²) >= 11 is 0. The van der Waals surface area contributed by atoms with Gasteiger partial charge in [-0.2, -0.15) is 0 Å². The van der Waals surface area contributed by atoms with E-state index >= 15 is 0 Å². The number of aliphatic hydroxyl groups is 1. The van der Waals surface area contributed by atoms with Crippen molar-refractivity contribution >= 4 is 39.5 Å². The summed E-state index contributed by atoms with van der Waals surface area (Å²) in [5, 5.41) is 10.6. The van der Waals surface area contributed by atoms with Crippen molar-refractivity contribution in [3.63, 3.8) is 0 Å². The molecule has 0 bridgehead atoms. The molecule has 3 N–H and O–H groups in total. The monoisotopic (exact) mass is 1450 g/mol. The Morgan fingerprint density at radius 2 is 0.560 bits per heavy atom. The standard InChI is InChI=1S/C81H140O17P2/c1-5-9-13-17-21-25-29-32-35-36-37-38-41-43-47-50-54-58-62-66-79(84)92-72-77(98-81(86)68-64-60-56-52-48-44-40-34-31-27-23-19-15-11-7-3)74-96-100(89,90)94-70-75(82)69-93-99(87,88)95-73-76(97-80(85)67-63-59-55-51-45-28-24-20-16-12-8-4)71-91-78(83)65-61-57-53-49-46-42-39-33-30-26-22-18-14-10-6-2/h9,11,13,15,21,23,25,27,32,34-35,37-38,40,48,52,60,64,75-77,82H,5-8,10,12,14,16-20,22,24,26,28-31,33,36,39,41-47,49-51,53-59,61-63,65-74H2,1-4H3,(H,87,88)(H,89,90)/b13-9-,15-11-,25-21-,27-23-,35-32-,38-37-,40-34-,52-48-,64-60-. The number of rotatable bonds is 73. The van der Waals surface area contributed by atoms with Crippen LogP contribution < -0.4 is 0 Å². The lowest BCUT2D eigenvalue weighted by molar-refractivity contribution is -0.161. The maximum absolute atomic E-state index is 13.1. The SMILES string of the molecule is CC/C=C\C/C=C\C/C=C\C/C=C\C/C=C\CC(=O)OC(COC(=O)CCCCCCCC/C=C\C/C=C\C/C=C\C/C=C\CC)COP(=O)(O)OCC(O)COP(=O)(O)OCC(COC(=O)CCCCCCCCCCCCCCCCC)OC(=O)CCCCCCCCCCCCC. The van der Waals surface area contributed by atoms with Crippen molar-refractivity contribution < 1.29 is 80.2 Å². The molecule has 0 spiro atoms. The van der Waals surface area contributed by atoms with Gasteiger partial charge in [0.25, 0.3) is 0 Å².